The molecule has 0 spiro atoms. The van der Waals surface area contributed by atoms with Crippen molar-refractivity contribution in [1.82, 2.24) is 0 Å². The molecule has 96 valence electrons. The Labute approximate surface area is 88.3 Å². The zero-order valence-corrected chi connectivity index (χ0v) is 7.55. The van der Waals surface area contributed by atoms with Crippen LogP contribution in [-0.4, -0.2) is 11.3 Å². The lowest BCUT2D eigenvalue weighted by molar-refractivity contribution is -0.208. The number of aliphatic hydroxyl groups excluding tert-OH is 1. The fourth-order valence-corrected chi connectivity index (χ4v) is 1.03. The van der Waals surface area contributed by atoms with E-state index in [4.69, 9.17) is 5.11 Å². The molecular weight excluding hydrogens is 264 g/mol. The van der Waals surface area contributed by atoms with Gasteiger partial charge >= 0.3 is 6.18 Å². The van der Waals surface area contributed by atoms with Crippen LogP contribution in [0.3, 0.4) is 0 Å². The van der Waals surface area contributed by atoms with Crippen LogP contribution in [0.4, 0.5) is 35.1 Å². The summed E-state index contributed by atoms with van der Waals surface area (Å²) in [5.41, 5.74) is -2.33. The summed E-state index contributed by atoms with van der Waals surface area (Å²) in [5.74, 6) is -13.1. The summed E-state index contributed by atoms with van der Waals surface area (Å²) in [6, 6.07) is 0. The number of alkyl halides is 3. The number of aliphatic hydroxyl groups is 1. The van der Waals surface area contributed by atoms with E-state index < -0.39 is 46.9 Å². The largest absolute Gasteiger partial charge is 0.418 e. The van der Waals surface area contributed by atoms with Gasteiger partial charge in [0.25, 0.3) is 0 Å². The van der Waals surface area contributed by atoms with E-state index in [1.165, 1.54) is 0 Å². The number of hydrogen-bond acceptors (Lipinski definition) is 1. The highest BCUT2D eigenvalue weighted by atomic mass is 19.4. The molecule has 0 saturated heterocycles. The van der Waals surface area contributed by atoms with Crippen molar-refractivity contribution in [3.8, 4) is 0 Å². The van der Waals surface area contributed by atoms with Crippen LogP contribution in [0.25, 0.3) is 0 Å². The predicted octanol–water partition coefficient (Wildman–Crippen LogP) is 2.98. The molecule has 1 aromatic carbocycles. The highest BCUT2D eigenvalue weighted by Crippen LogP contribution is 2.37. The van der Waals surface area contributed by atoms with Crippen molar-refractivity contribution in [2.24, 2.45) is 0 Å². The number of halogens is 8. The zero-order valence-electron chi connectivity index (χ0n) is 7.55. The molecular formula is C8H2F8O. The van der Waals surface area contributed by atoms with Gasteiger partial charge in [-0.1, -0.05) is 0 Å². The molecule has 0 heterocycles. The van der Waals surface area contributed by atoms with E-state index >= 15 is 0 Å². The maximum atomic E-state index is 12.8. The lowest BCUT2D eigenvalue weighted by Gasteiger charge is -2.16. The van der Waals surface area contributed by atoms with E-state index in [0.29, 0.717) is 0 Å². The Morgan fingerprint density at radius 3 is 1.29 bits per heavy atom. The monoisotopic (exact) mass is 266 g/mol. The van der Waals surface area contributed by atoms with Gasteiger partial charge in [-0.15, -0.1) is 0 Å². The molecule has 1 rings (SSSR count). The van der Waals surface area contributed by atoms with Gasteiger partial charge in [-0.25, -0.2) is 22.0 Å². The van der Waals surface area contributed by atoms with E-state index in [1.54, 1.807) is 0 Å². The topological polar surface area (TPSA) is 20.2 Å². The van der Waals surface area contributed by atoms with Gasteiger partial charge in [0, 0.05) is 0 Å². The van der Waals surface area contributed by atoms with E-state index in [0.717, 1.165) is 0 Å². The molecule has 0 saturated carbocycles. The Morgan fingerprint density at radius 2 is 1.00 bits per heavy atom. The summed E-state index contributed by atoms with van der Waals surface area (Å²) in [7, 11) is 0. The third kappa shape index (κ3) is 2.19. The molecule has 17 heavy (non-hydrogen) atoms. The number of benzene rings is 1. The summed E-state index contributed by atoms with van der Waals surface area (Å²) in [6.45, 7) is 0. The Balaban J connectivity index is 3.55. The summed E-state index contributed by atoms with van der Waals surface area (Å²) in [4.78, 5) is 0. The molecule has 0 unspecified atom stereocenters. The minimum atomic E-state index is -5.56. The van der Waals surface area contributed by atoms with Gasteiger partial charge in [0.15, 0.2) is 29.4 Å². The van der Waals surface area contributed by atoms with Crippen molar-refractivity contribution in [3.05, 3.63) is 34.6 Å². The molecule has 1 N–H and O–H groups in total. The summed E-state index contributed by atoms with van der Waals surface area (Å²) < 4.78 is 98.9. The van der Waals surface area contributed by atoms with Crippen LogP contribution in [0.2, 0.25) is 0 Å². The van der Waals surface area contributed by atoms with Crippen molar-refractivity contribution < 1.29 is 40.2 Å². The Hall–Kier alpha value is -1.38. The molecule has 0 fully saturated rings. The molecule has 1 nitrogen and oxygen atoms in total. The van der Waals surface area contributed by atoms with Crippen LogP contribution in [0, 0.1) is 29.1 Å². The van der Waals surface area contributed by atoms with Crippen LogP contribution in [-0.2, 0) is 0 Å². The van der Waals surface area contributed by atoms with Crippen LogP contribution >= 0.6 is 0 Å². The maximum absolute atomic E-state index is 12.8. The van der Waals surface area contributed by atoms with Crippen molar-refractivity contribution in [2.45, 2.75) is 12.3 Å². The average molecular weight is 266 g/mol. The zero-order chi connectivity index (χ0) is 13.5. The first-order valence-corrected chi connectivity index (χ1v) is 3.85. The fraction of sp³-hybridized carbons (Fsp3) is 0.250. The van der Waals surface area contributed by atoms with E-state index in [9.17, 15) is 35.1 Å². The first-order chi connectivity index (χ1) is 7.59. The molecule has 9 heteroatoms. The van der Waals surface area contributed by atoms with Crippen molar-refractivity contribution in [2.75, 3.05) is 0 Å². The lowest BCUT2D eigenvalue weighted by Crippen LogP contribution is -2.24. The summed E-state index contributed by atoms with van der Waals surface area (Å²) in [5, 5.41) is 8.50. The second-order valence-corrected chi connectivity index (χ2v) is 2.93. The first-order valence-electron chi connectivity index (χ1n) is 3.85. The van der Waals surface area contributed by atoms with Gasteiger partial charge in [-0.05, 0) is 0 Å². The molecule has 1 aromatic rings. The molecule has 0 amide bonds. The average Bonchev–Trinajstić information content (AvgIpc) is 2.22. The highest BCUT2D eigenvalue weighted by Gasteiger charge is 2.44. The second-order valence-electron chi connectivity index (χ2n) is 2.93. The molecule has 0 radical (unpaired) electrons. The summed E-state index contributed by atoms with van der Waals surface area (Å²) >= 11 is 0. The lowest BCUT2D eigenvalue weighted by atomic mass is 10.1. The Kier molecular flexibility index (Phi) is 3.33. The number of rotatable bonds is 1. The normalized spacial score (nSPS) is 13.9. The minimum absolute atomic E-state index is 2.33. The third-order valence-corrected chi connectivity index (χ3v) is 1.83. The maximum Gasteiger partial charge on any atom is 0.418 e. The molecule has 0 aliphatic heterocycles. The molecule has 0 aliphatic rings. The molecule has 0 aliphatic carbocycles. The highest BCUT2D eigenvalue weighted by molar-refractivity contribution is 5.26. The molecule has 0 aromatic heterocycles. The minimum Gasteiger partial charge on any atom is -0.379 e. The van der Waals surface area contributed by atoms with Crippen LogP contribution < -0.4 is 0 Å². The van der Waals surface area contributed by atoms with Gasteiger partial charge < -0.3 is 5.11 Å². The van der Waals surface area contributed by atoms with Gasteiger partial charge in [0.05, 0.1) is 5.56 Å². The van der Waals surface area contributed by atoms with Crippen LogP contribution in [0.5, 0.6) is 0 Å². The van der Waals surface area contributed by atoms with Gasteiger partial charge in [-0.2, -0.15) is 13.2 Å². The van der Waals surface area contributed by atoms with Crippen LogP contribution in [0.15, 0.2) is 0 Å². The van der Waals surface area contributed by atoms with Crippen LogP contribution in [0.1, 0.15) is 11.7 Å². The first kappa shape index (κ1) is 13.7. The van der Waals surface area contributed by atoms with Gasteiger partial charge in [0.1, 0.15) is 0 Å². The SMILES string of the molecule is O[C@@H](c1c(F)c(F)c(F)c(F)c1F)C(F)(F)F. The Morgan fingerprint density at radius 1 is 0.706 bits per heavy atom. The van der Waals surface area contributed by atoms with Gasteiger partial charge in [0.2, 0.25) is 5.82 Å². The third-order valence-electron chi connectivity index (χ3n) is 1.83. The predicted molar refractivity (Wildman–Crippen MR) is 37.2 cm³/mol. The second kappa shape index (κ2) is 4.13. The van der Waals surface area contributed by atoms with Crippen molar-refractivity contribution in [3.63, 3.8) is 0 Å². The standard InChI is InChI=1S/C8H2F8O/c9-2-1(7(17)8(14,15)16)3(10)5(12)6(13)4(2)11/h7,17H/t7-/m0/s1. The van der Waals surface area contributed by atoms with Gasteiger partial charge in [-0.3, -0.25) is 0 Å². The van der Waals surface area contributed by atoms with Crippen molar-refractivity contribution in [1.29, 1.82) is 0 Å². The summed E-state index contributed by atoms with van der Waals surface area (Å²) in [6.07, 6.45) is -9.36. The van der Waals surface area contributed by atoms with Crippen molar-refractivity contribution >= 4 is 0 Å². The quantitative estimate of drug-likeness (QED) is 0.470. The smallest absolute Gasteiger partial charge is 0.379 e. The fourth-order valence-electron chi connectivity index (χ4n) is 1.03. The van der Waals surface area contributed by atoms with E-state index in [-0.39, 0.29) is 0 Å². The van der Waals surface area contributed by atoms with E-state index in [2.05, 4.69) is 0 Å². The molecule has 0 bridgehead atoms. The van der Waals surface area contributed by atoms with E-state index in [1.807, 2.05) is 0 Å². The Bertz CT molecular complexity index is 423. The number of hydrogen-bond donors (Lipinski definition) is 1. The molecule has 1 atom stereocenters.